The molecular weight excluding hydrogens is 344 g/mol. The van der Waals surface area contributed by atoms with Crippen molar-refractivity contribution in [2.24, 2.45) is 0 Å². The molecular formula is C21H20N2O4. The molecule has 27 heavy (non-hydrogen) atoms. The van der Waals surface area contributed by atoms with Crippen LogP contribution in [0.5, 0.6) is 5.75 Å². The van der Waals surface area contributed by atoms with Crippen LogP contribution in [0.25, 0.3) is 22.0 Å². The molecule has 6 nitrogen and oxygen atoms in total. The molecule has 0 aliphatic rings. The first-order valence-corrected chi connectivity index (χ1v) is 8.60. The zero-order chi connectivity index (χ0) is 19.2. The molecule has 0 atom stereocenters. The first kappa shape index (κ1) is 18.4. The largest absolute Gasteiger partial charge is 0.496 e. The van der Waals surface area contributed by atoms with Crippen LogP contribution in [0, 0.1) is 0 Å². The van der Waals surface area contributed by atoms with E-state index in [-0.39, 0.29) is 13.2 Å². The molecule has 1 N–H and O–H groups in total. The Morgan fingerprint density at radius 2 is 1.85 bits per heavy atom. The third kappa shape index (κ3) is 4.06. The summed E-state index contributed by atoms with van der Waals surface area (Å²) in [6.07, 6.45) is 1.72. The smallest absolute Gasteiger partial charge is 0.325 e. The lowest BCUT2D eigenvalue weighted by atomic mass is 10.0. The number of methoxy groups -OCH3 is 1. The van der Waals surface area contributed by atoms with E-state index >= 15 is 0 Å². The van der Waals surface area contributed by atoms with Gasteiger partial charge in [-0.2, -0.15) is 0 Å². The van der Waals surface area contributed by atoms with Gasteiger partial charge in [0.25, 0.3) is 5.91 Å². The van der Waals surface area contributed by atoms with E-state index in [9.17, 15) is 9.59 Å². The van der Waals surface area contributed by atoms with Crippen molar-refractivity contribution in [2.45, 2.75) is 6.92 Å². The lowest BCUT2D eigenvalue weighted by Crippen LogP contribution is -2.31. The summed E-state index contributed by atoms with van der Waals surface area (Å²) in [5.41, 5.74) is 2.79. The maximum absolute atomic E-state index is 12.7. The molecule has 1 heterocycles. The molecule has 1 amide bonds. The van der Waals surface area contributed by atoms with Gasteiger partial charge >= 0.3 is 5.97 Å². The summed E-state index contributed by atoms with van der Waals surface area (Å²) in [4.78, 5) is 28.7. The second-order valence-electron chi connectivity index (χ2n) is 5.79. The topological polar surface area (TPSA) is 77.5 Å². The summed E-state index contributed by atoms with van der Waals surface area (Å²) in [7, 11) is 1.49. The fraction of sp³-hybridized carbons (Fsp3) is 0.190. The van der Waals surface area contributed by atoms with E-state index in [1.54, 1.807) is 19.2 Å². The van der Waals surface area contributed by atoms with Gasteiger partial charge in [-0.1, -0.05) is 30.3 Å². The van der Waals surface area contributed by atoms with Gasteiger partial charge in [-0.25, -0.2) is 0 Å². The number of amides is 1. The lowest BCUT2D eigenvalue weighted by Gasteiger charge is -2.12. The fourth-order valence-corrected chi connectivity index (χ4v) is 2.81. The zero-order valence-electron chi connectivity index (χ0n) is 15.2. The van der Waals surface area contributed by atoms with Gasteiger partial charge in [0.1, 0.15) is 17.9 Å². The molecule has 2 aromatic carbocycles. The van der Waals surface area contributed by atoms with Crippen LogP contribution in [0.1, 0.15) is 17.3 Å². The van der Waals surface area contributed by atoms with Crippen LogP contribution in [0.2, 0.25) is 0 Å². The quantitative estimate of drug-likeness (QED) is 0.680. The number of ether oxygens (including phenoxy) is 2. The minimum absolute atomic E-state index is 0.214. The number of esters is 1. The Balaban J connectivity index is 1.98. The second-order valence-corrected chi connectivity index (χ2v) is 5.79. The summed E-state index contributed by atoms with van der Waals surface area (Å²) in [5.74, 6) is -0.543. The number of carbonyl (C=O) groups excluding carboxylic acids is 2. The van der Waals surface area contributed by atoms with Crippen LogP contribution < -0.4 is 10.1 Å². The first-order chi connectivity index (χ1) is 13.1. The lowest BCUT2D eigenvalue weighted by molar-refractivity contribution is -0.141. The van der Waals surface area contributed by atoms with Gasteiger partial charge in [0.15, 0.2) is 0 Å². The Morgan fingerprint density at radius 3 is 2.56 bits per heavy atom. The van der Waals surface area contributed by atoms with E-state index in [2.05, 4.69) is 10.3 Å². The Morgan fingerprint density at radius 1 is 1.07 bits per heavy atom. The number of benzene rings is 2. The average molecular weight is 364 g/mol. The summed E-state index contributed by atoms with van der Waals surface area (Å²) in [5, 5.41) is 3.37. The molecule has 0 saturated carbocycles. The zero-order valence-corrected chi connectivity index (χ0v) is 15.2. The molecule has 0 bridgehead atoms. The third-order valence-corrected chi connectivity index (χ3v) is 4.07. The Hall–Kier alpha value is -3.41. The van der Waals surface area contributed by atoms with E-state index < -0.39 is 11.9 Å². The van der Waals surface area contributed by atoms with Crippen molar-refractivity contribution < 1.29 is 19.1 Å². The minimum atomic E-state index is -0.496. The SMILES string of the molecule is CCOC(=O)CNC(=O)c1c(OC)ccc2cc(-c3ccccc3)cnc12. The maximum atomic E-state index is 12.7. The molecule has 6 heteroatoms. The van der Waals surface area contributed by atoms with Gasteiger partial charge in [0, 0.05) is 17.1 Å². The Bertz CT molecular complexity index is 971. The van der Waals surface area contributed by atoms with E-state index in [0.29, 0.717) is 16.8 Å². The summed E-state index contributed by atoms with van der Waals surface area (Å²) >= 11 is 0. The molecule has 0 radical (unpaired) electrons. The average Bonchev–Trinajstić information content (AvgIpc) is 2.71. The van der Waals surface area contributed by atoms with Crippen molar-refractivity contribution in [3.05, 3.63) is 60.3 Å². The number of pyridine rings is 1. The van der Waals surface area contributed by atoms with E-state index in [0.717, 1.165) is 16.5 Å². The van der Waals surface area contributed by atoms with Gasteiger partial charge in [0.2, 0.25) is 0 Å². The van der Waals surface area contributed by atoms with Gasteiger partial charge < -0.3 is 14.8 Å². The Labute approximate surface area is 157 Å². The van der Waals surface area contributed by atoms with Crippen LogP contribution in [0.4, 0.5) is 0 Å². The van der Waals surface area contributed by atoms with Crippen LogP contribution in [-0.4, -0.2) is 37.1 Å². The van der Waals surface area contributed by atoms with Crippen LogP contribution in [0.3, 0.4) is 0 Å². The van der Waals surface area contributed by atoms with E-state index in [1.165, 1.54) is 7.11 Å². The number of nitrogens with zero attached hydrogens (tertiary/aromatic N) is 1. The molecule has 3 rings (SSSR count). The van der Waals surface area contributed by atoms with Crippen molar-refractivity contribution in [1.82, 2.24) is 10.3 Å². The van der Waals surface area contributed by atoms with Gasteiger partial charge in [-0.15, -0.1) is 0 Å². The number of carbonyl (C=O) groups is 2. The monoisotopic (exact) mass is 364 g/mol. The number of hydrogen-bond acceptors (Lipinski definition) is 5. The van der Waals surface area contributed by atoms with Crippen LogP contribution in [0.15, 0.2) is 54.7 Å². The van der Waals surface area contributed by atoms with Crippen molar-refractivity contribution >= 4 is 22.8 Å². The van der Waals surface area contributed by atoms with Crippen LogP contribution in [-0.2, 0) is 9.53 Å². The number of hydrogen-bond donors (Lipinski definition) is 1. The fourth-order valence-electron chi connectivity index (χ4n) is 2.81. The highest BCUT2D eigenvalue weighted by Gasteiger charge is 2.19. The molecule has 0 spiro atoms. The van der Waals surface area contributed by atoms with E-state index in [4.69, 9.17) is 9.47 Å². The first-order valence-electron chi connectivity index (χ1n) is 8.60. The molecule has 0 unspecified atom stereocenters. The number of nitrogens with one attached hydrogen (secondary N) is 1. The molecule has 0 saturated heterocycles. The molecule has 138 valence electrons. The summed E-state index contributed by atoms with van der Waals surface area (Å²) in [6, 6.07) is 15.4. The van der Waals surface area contributed by atoms with Crippen molar-refractivity contribution in [2.75, 3.05) is 20.3 Å². The third-order valence-electron chi connectivity index (χ3n) is 4.07. The van der Waals surface area contributed by atoms with Gasteiger partial charge in [0.05, 0.1) is 19.2 Å². The number of aromatic nitrogens is 1. The van der Waals surface area contributed by atoms with Crippen molar-refractivity contribution in [3.63, 3.8) is 0 Å². The predicted molar refractivity (Wildman–Crippen MR) is 103 cm³/mol. The van der Waals surface area contributed by atoms with Gasteiger partial charge in [-0.05, 0) is 30.7 Å². The molecule has 0 aliphatic heterocycles. The van der Waals surface area contributed by atoms with Crippen LogP contribution >= 0.6 is 0 Å². The predicted octanol–water partition coefficient (Wildman–Crippen LogP) is 3.20. The highest BCUT2D eigenvalue weighted by molar-refractivity contribution is 6.09. The molecule has 0 aliphatic carbocycles. The Kier molecular flexibility index (Phi) is 5.66. The second kappa shape index (κ2) is 8.31. The van der Waals surface area contributed by atoms with E-state index in [1.807, 2.05) is 42.5 Å². The van der Waals surface area contributed by atoms with Crippen molar-refractivity contribution in [3.8, 4) is 16.9 Å². The molecule has 3 aromatic rings. The number of rotatable bonds is 6. The minimum Gasteiger partial charge on any atom is -0.496 e. The standard InChI is InChI=1S/C21H20N2O4/c1-3-27-18(24)13-23-21(25)19-17(26-2)10-9-15-11-16(12-22-20(15)19)14-7-5-4-6-8-14/h4-12H,3,13H2,1-2H3,(H,23,25). The van der Waals surface area contributed by atoms with Crippen molar-refractivity contribution in [1.29, 1.82) is 0 Å². The highest BCUT2D eigenvalue weighted by atomic mass is 16.5. The summed E-state index contributed by atoms with van der Waals surface area (Å²) in [6.45, 7) is 1.76. The number of fused-ring (bicyclic) bond motifs is 1. The van der Waals surface area contributed by atoms with Gasteiger partial charge in [-0.3, -0.25) is 14.6 Å². The normalized spacial score (nSPS) is 10.4. The molecule has 1 aromatic heterocycles. The highest BCUT2D eigenvalue weighted by Crippen LogP contribution is 2.29. The summed E-state index contributed by atoms with van der Waals surface area (Å²) < 4.78 is 10.2. The maximum Gasteiger partial charge on any atom is 0.325 e. The molecule has 0 fully saturated rings.